The number of benzene rings is 1. The van der Waals surface area contributed by atoms with Crippen molar-refractivity contribution in [2.45, 2.75) is 13.3 Å². The Balaban J connectivity index is 1.95. The number of nitrogens with one attached hydrogen (secondary N) is 3. The lowest BCUT2D eigenvalue weighted by Gasteiger charge is -2.19. The van der Waals surface area contributed by atoms with E-state index in [-0.39, 0.29) is 18.5 Å². The van der Waals surface area contributed by atoms with Crippen LogP contribution in [0.3, 0.4) is 0 Å². The zero-order valence-electron chi connectivity index (χ0n) is 11.1. The molecule has 2 amide bonds. The van der Waals surface area contributed by atoms with Crippen LogP contribution in [-0.4, -0.2) is 31.6 Å². The fourth-order valence-electron chi connectivity index (χ4n) is 1.84. The maximum absolute atomic E-state index is 11.6. The molecule has 0 radical (unpaired) electrons. The highest BCUT2D eigenvalue weighted by Gasteiger charge is 2.19. The number of amides is 2. The number of halogens is 1. The molecular formula is C13H16ClN3O3. The summed E-state index contributed by atoms with van der Waals surface area (Å²) < 4.78 is 5.36. The third-order valence-electron chi connectivity index (χ3n) is 2.82. The first kappa shape index (κ1) is 14.5. The van der Waals surface area contributed by atoms with Crippen molar-refractivity contribution in [3.8, 4) is 5.75 Å². The average molecular weight is 298 g/mol. The number of hydrogen-bond acceptors (Lipinski definition) is 4. The van der Waals surface area contributed by atoms with Crippen LogP contribution in [0.5, 0.6) is 5.75 Å². The van der Waals surface area contributed by atoms with E-state index in [1.165, 1.54) is 6.92 Å². The molecule has 0 aromatic heterocycles. The molecule has 1 aliphatic heterocycles. The van der Waals surface area contributed by atoms with Crippen molar-refractivity contribution in [2.24, 2.45) is 0 Å². The molecule has 0 saturated heterocycles. The van der Waals surface area contributed by atoms with E-state index in [9.17, 15) is 9.59 Å². The van der Waals surface area contributed by atoms with Crippen LogP contribution in [0.15, 0.2) is 12.1 Å². The van der Waals surface area contributed by atoms with Gasteiger partial charge in [-0.1, -0.05) is 11.6 Å². The molecule has 108 valence electrons. The molecule has 0 unspecified atom stereocenters. The fraction of sp³-hybridized carbons (Fsp3) is 0.385. The van der Waals surface area contributed by atoms with Crippen LogP contribution < -0.4 is 20.7 Å². The Hall–Kier alpha value is -1.95. The van der Waals surface area contributed by atoms with Gasteiger partial charge in [-0.3, -0.25) is 9.59 Å². The Morgan fingerprint density at radius 1 is 1.45 bits per heavy atom. The predicted molar refractivity (Wildman–Crippen MR) is 76.2 cm³/mol. The van der Waals surface area contributed by atoms with Gasteiger partial charge in [0.2, 0.25) is 5.91 Å². The third-order valence-corrected chi connectivity index (χ3v) is 3.13. The summed E-state index contributed by atoms with van der Waals surface area (Å²) in [6.07, 6.45) is 0.772. The van der Waals surface area contributed by atoms with Crippen LogP contribution in [0.25, 0.3) is 0 Å². The molecule has 0 spiro atoms. The molecule has 3 N–H and O–H groups in total. The van der Waals surface area contributed by atoms with Gasteiger partial charge in [0, 0.05) is 26.1 Å². The number of ether oxygens (including phenoxy) is 1. The zero-order valence-corrected chi connectivity index (χ0v) is 11.8. The Morgan fingerprint density at radius 2 is 2.25 bits per heavy atom. The lowest BCUT2D eigenvalue weighted by atomic mass is 10.1. The van der Waals surface area contributed by atoms with Crippen molar-refractivity contribution in [1.29, 1.82) is 0 Å². The van der Waals surface area contributed by atoms with E-state index in [0.29, 0.717) is 35.1 Å². The van der Waals surface area contributed by atoms with E-state index >= 15 is 0 Å². The van der Waals surface area contributed by atoms with Crippen molar-refractivity contribution < 1.29 is 14.3 Å². The molecule has 0 fully saturated rings. The molecule has 0 saturated carbocycles. The lowest BCUT2D eigenvalue weighted by molar-refractivity contribution is -0.118. The first-order valence-corrected chi connectivity index (χ1v) is 6.68. The highest BCUT2D eigenvalue weighted by atomic mass is 35.5. The standard InChI is InChI=1S/C13H16ClN3O3/c1-8(18)15-3-2-4-16-11-6-12-9(5-10(11)14)13(19)17-7-20-12/h5-6,16H,2-4,7H2,1H3,(H,15,18)(H,17,19). The average Bonchev–Trinajstić information content (AvgIpc) is 2.40. The van der Waals surface area contributed by atoms with Gasteiger partial charge < -0.3 is 20.7 Å². The smallest absolute Gasteiger partial charge is 0.257 e. The topological polar surface area (TPSA) is 79.5 Å². The number of rotatable bonds is 5. The molecule has 6 nitrogen and oxygen atoms in total. The lowest BCUT2D eigenvalue weighted by Crippen LogP contribution is -2.33. The largest absolute Gasteiger partial charge is 0.472 e. The summed E-state index contributed by atoms with van der Waals surface area (Å²) >= 11 is 6.12. The van der Waals surface area contributed by atoms with Crippen LogP contribution >= 0.6 is 11.6 Å². The molecular weight excluding hydrogens is 282 g/mol. The van der Waals surface area contributed by atoms with E-state index in [0.717, 1.165) is 6.42 Å². The minimum Gasteiger partial charge on any atom is -0.472 e. The van der Waals surface area contributed by atoms with Gasteiger partial charge in [0.25, 0.3) is 5.91 Å². The van der Waals surface area contributed by atoms with Gasteiger partial charge in [-0.15, -0.1) is 0 Å². The number of fused-ring (bicyclic) bond motifs is 1. The highest BCUT2D eigenvalue weighted by Crippen LogP contribution is 2.32. The zero-order chi connectivity index (χ0) is 14.5. The van der Waals surface area contributed by atoms with E-state index < -0.39 is 0 Å². The Bertz CT molecular complexity index is 534. The SMILES string of the molecule is CC(=O)NCCCNc1cc2c(cc1Cl)C(=O)NCO2. The van der Waals surface area contributed by atoms with Crippen LogP contribution in [-0.2, 0) is 4.79 Å². The highest BCUT2D eigenvalue weighted by molar-refractivity contribution is 6.33. The molecule has 0 atom stereocenters. The van der Waals surface area contributed by atoms with Crippen LogP contribution in [0.1, 0.15) is 23.7 Å². The summed E-state index contributed by atoms with van der Waals surface area (Å²) in [7, 11) is 0. The first-order valence-electron chi connectivity index (χ1n) is 6.31. The predicted octanol–water partition coefficient (Wildman–Crippen LogP) is 1.36. The second kappa shape index (κ2) is 6.47. The van der Waals surface area contributed by atoms with Crippen LogP contribution in [0.2, 0.25) is 5.02 Å². The molecule has 1 aromatic rings. The van der Waals surface area contributed by atoms with Crippen LogP contribution in [0, 0.1) is 0 Å². The Kier molecular flexibility index (Phi) is 4.68. The minimum atomic E-state index is -0.189. The second-order valence-electron chi connectivity index (χ2n) is 4.39. The van der Waals surface area contributed by atoms with Gasteiger partial charge in [0.05, 0.1) is 16.3 Å². The van der Waals surface area contributed by atoms with Crippen molar-refractivity contribution in [3.63, 3.8) is 0 Å². The van der Waals surface area contributed by atoms with E-state index in [2.05, 4.69) is 16.0 Å². The number of hydrogen-bond donors (Lipinski definition) is 3. The van der Waals surface area contributed by atoms with Crippen LogP contribution in [0.4, 0.5) is 5.69 Å². The quantitative estimate of drug-likeness (QED) is 0.717. The molecule has 20 heavy (non-hydrogen) atoms. The summed E-state index contributed by atoms with van der Waals surface area (Å²) in [6, 6.07) is 3.30. The molecule has 0 aliphatic carbocycles. The fourth-order valence-corrected chi connectivity index (χ4v) is 2.07. The van der Waals surface area contributed by atoms with Gasteiger partial charge in [0.15, 0.2) is 6.73 Å². The maximum atomic E-state index is 11.6. The summed E-state index contributed by atoms with van der Waals surface area (Å²) in [5.41, 5.74) is 1.15. The van der Waals surface area contributed by atoms with E-state index in [1.807, 2.05) is 0 Å². The molecule has 1 aliphatic rings. The van der Waals surface area contributed by atoms with E-state index in [4.69, 9.17) is 16.3 Å². The van der Waals surface area contributed by atoms with Gasteiger partial charge >= 0.3 is 0 Å². The normalized spacial score (nSPS) is 13.0. The molecule has 1 heterocycles. The molecule has 7 heteroatoms. The number of carbonyl (C=O) groups excluding carboxylic acids is 2. The minimum absolute atomic E-state index is 0.0452. The molecule has 1 aromatic carbocycles. The van der Waals surface area contributed by atoms with Crippen molar-refractivity contribution >= 4 is 29.1 Å². The maximum Gasteiger partial charge on any atom is 0.257 e. The van der Waals surface area contributed by atoms with Gasteiger partial charge in [-0.05, 0) is 12.5 Å². The first-order chi connectivity index (χ1) is 9.58. The van der Waals surface area contributed by atoms with Crippen molar-refractivity contribution in [3.05, 3.63) is 22.7 Å². The van der Waals surface area contributed by atoms with Gasteiger partial charge in [0.1, 0.15) is 5.75 Å². The second-order valence-corrected chi connectivity index (χ2v) is 4.79. The third kappa shape index (κ3) is 3.54. The summed E-state index contributed by atoms with van der Waals surface area (Å²) in [4.78, 5) is 22.3. The summed E-state index contributed by atoms with van der Waals surface area (Å²) in [5.74, 6) is 0.282. The number of carbonyl (C=O) groups is 2. The van der Waals surface area contributed by atoms with Crippen molar-refractivity contribution in [1.82, 2.24) is 10.6 Å². The van der Waals surface area contributed by atoms with Crippen molar-refractivity contribution in [2.75, 3.05) is 25.1 Å². The molecule has 0 bridgehead atoms. The molecule has 2 rings (SSSR count). The van der Waals surface area contributed by atoms with E-state index in [1.54, 1.807) is 12.1 Å². The Labute approximate surface area is 121 Å². The Morgan fingerprint density at radius 3 is 3.00 bits per heavy atom. The summed E-state index contributed by atoms with van der Waals surface area (Å²) in [5, 5.41) is 8.91. The monoisotopic (exact) mass is 297 g/mol. The number of anilines is 1. The van der Waals surface area contributed by atoms with Gasteiger partial charge in [-0.2, -0.15) is 0 Å². The summed E-state index contributed by atoms with van der Waals surface area (Å²) in [6.45, 7) is 2.90. The van der Waals surface area contributed by atoms with Gasteiger partial charge in [-0.25, -0.2) is 0 Å².